The molecule has 0 fully saturated rings. The lowest BCUT2D eigenvalue weighted by atomic mass is 9.59. The first kappa shape index (κ1) is 35.2. The molecule has 11 aromatic rings. The van der Waals surface area contributed by atoms with Crippen LogP contribution in [0.4, 0.5) is 17.1 Å². The second-order valence-electron chi connectivity index (χ2n) is 16.4. The molecule has 0 radical (unpaired) electrons. The van der Waals surface area contributed by atoms with Crippen LogP contribution in [0.2, 0.25) is 0 Å². The first-order valence-electron chi connectivity index (χ1n) is 21.3. The molecule has 62 heavy (non-hydrogen) atoms. The third-order valence-corrected chi connectivity index (χ3v) is 14.4. The Labute approximate surface area is 365 Å². The van der Waals surface area contributed by atoms with Gasteiger partial charge < -0.3 is 9.47 Å². The van der Waals surface area contributed by atoms with Gasteiger partial charge in [0.1, 0.15) is 0 Å². The van der Waals surface area contributed by atoms with Crippen molar-refractivity contribution < 1.29 is 0 Å². The lowest BCUT2D eigenvalue weighted by molar-refractivity contribution is 0.707. The van der Waals surface area contributed by atoms with Crippen LogP contribution in [0.1, 0.15) is 22.3 Å². The van der Waals surface area contributed by atoms with E-state index >= 15 is 0 Å². The molecule has 0 saturated heterocycles. The van der Waals surface area contributed by atoms with Crippen LogP contribution < -0.4 is 4.90 Å². The van der Waals surface area contributed by atoms with Gasteiger partial charge in [0.2, 0.25) is 0 Å². The summed E-state index contributed by atoms with van der Waals surface area (Å²) >= 11 is 1.89. The second-order valence-corrected chi connectivity index (χ2v) is 17.5. The van der Waals surface area contributed by atoms with E-state index in [2.05, 4.69) is 240 Å². The predicted octanol–water partition coefficient (Wildman–Crippen LogP) is 15.9. The summed E-state index contributed by atoms with van der Waals surface area (Å²) in [5, 5.41) is 5.07. The summed E-state index contributed by atoms with van der Waals surface area (Å²) in [5.41, 5.74) is 16.5. The summed E-state index contributed by atoms with van der Waals surface area (Å²) < 4.78 is 2.42. The Balaban J connectivity index is 1.13. The molecule has 2 nitrogen and oxygen atoms in total. The number of rotatable bonds is 5. The van der Waals surface area contributed by atoms with E-state index in [1.165, 1.54) is 86.9 Å². The Morgan fingerprint density at radius 3 is 1.87 bits per heavy atom. The van der Waals surface area contributed by atoms with Crippen molar-refractivity contribution in [2.75, 3.05) is 4.90 Å². The van der Waals surface area contributed by atoms with E-state index < -0.39 is 5.41 Å². The topological polar surface area (TPSA) is 8.17 Å². The van der Waals surface area contributed by atoms with Gasteiger partial charge in [-0.1, -0.05) is 182 Å². The van der Waals surface area contributed by atoms with Crippen LogP contribution in [0.5, 0.6) is 0 Å². The Bertz CT molecular complexity index is 3560. The number of anilines is 3. The fraction of sp³-hybridized carbons (Fsp3) is 0.0169. The third-order valence-electron chi connectivity index (χ3n) is 13.2. The molecule has 1 aliphatic heterocycles. The fourth-order valence-corrected chi connectivity index (χ4v) is 11.9. The molecule has 0 N–H and O–H groups in total. The van der Waals surface area contributed by atoms with Crippen LogP contribution in [-0.4, -0.2) is 4.57 Å². The number of fused-ring (bicyclic) bond motifs is 11. The molecule has 0 saturated carbocycles. The normalized spacial score (nSPS) is 14.8. The van der Waals surface area contributed by atoms with Gasteiger partial charge in [-0.3, -0.25) is 0 Å². The Morgan fingerprint density at radius 2 is 1.00 bits per heavy atom. The van der Waals surface area contributed by atoms with Crippen molar-refractivity contribution in [2.45, 2.75) is 15.2 Å². The molecule has 1 spiro atoms. The minimum absolute atomic E-state index is 0.564. The minimum atomic E-state index is -0.564. The van der Waals surface area contributed by atoms with Crippen LogP contribution in [0.25, 0.3) is 60.5 Å². The van der Waals surface area contributed by atoms with Gasteiger partial charge >= 0.3 is 0 Å². The number of para-hydroxylation sites is 3. The molecule has 1 unspecified atom stereocenters. The number of hydrogen-bond acceptors (Lipinski definition) is 2. The molecule has 1 aliphatic carbocycles. The van der Waals surface area contributed by atoms with E-state index in [0.29, 0.717) is 0 Å². The highest BCUT2D eigenvalue weighted by Crippen LogP contribution is 2.62. The molecule has 1 aromatic heterocycles. The number of benzene rings is 10. The van der Waals surface area contributed by atoms with E-state index in [1.54, 1.807) is 0 Å². The first-order valence-corrected chi connectivity index (χ1v) is 22.2. The second kappa shape index (κ2) is 13.7. The van der Waals surface area contributed by atoms with E-state index in [-0.39, 0.29) is 0 Å². The summed E-state index contributed by atoms with van der Waals surface area (Å²) in [5.74, 6) is 0. The maximum Gasteiger partial charge on any atom is 0.0736 e. The van der Waals surface area contributed by atoms with E-state index in [0.717, 1.165) is 22.7 Å². The Hall–Kier alpha value is -7.59. The van der Waals surface area contributed by atoms with Crippen molar-refractivity contribution >= 4 is 61.4 Å². The standard InChI is InChI=1S/C59H38N2S/c1-3-17-39(18-4-1)44-23-8-12-30-53(44)60(43-33-35-47-46-25-9-13-31-54(46)61(55(47)38-43)41-21-5-2-6-22-41)42-34-36-57-52(37-42)59(50-28-11-14-32-56(50)62-57)49-27-10-7-24-45(49)48-26-15-19-40-20-16-29-51(59)58(40)48/h1-38H. The molecule has 0 amide bonds. The largest absolute Gasteiger partial charge is 0.310 e. The number of aromatic nitrogens is 1. The molecule has 10 aromatic carbocycles. The van der Waals surface area contributed by atoms with E-state index in [1.807, 2.05) is 11.8 Å². The average molecular weight is 807 g/mol. The zero-order chi connectivity index (χ0) is 40.8. The van der Waals surface area contributed by atoms with Gasteiger partial charge in [0.25, 0.3) is 0 Å². The van der Waals surface area contributed by atoms with Gasteiger partial charge in [0.05, 0.1) is 22.1 Å². The molecule has 290 valence electrons. The Kier molecular flexibility index (Phi) is 7.79. The number of nitrogens with zero attached hydrogens (tertiary/aromatic N) is 2. The summed E-state index contributed by atoms with van der Waals surface area (Å²) in [6.07, 6.45) is 0. The fourth-order valence-electron chi connectivity index (χ4n) is 10.7. The Morgan fingerprint density at radius 1 is 0.387 bits per heavy atom. The minimum Gasteiger partial charge on any atom is -0.310 e. The van der Waals surface area contributed by atoms with Gasteiger partial charge in [-0.15, -0.1) is 0 Å². The van der Waals surface area contributed by atoms with Crippen LogP contribution in [-0.2, 0) is 5.41 Å². The lowest BCUT2D eigenvalue weighted by Crippen LogP contribution is -2.36. The van der Waals surface area contributed by atoms with Gasteiger partial charge in [-0.2, -0.15) is 0 Å². The smallest absolute Gasteiger partial charge is 0.0736 e. The van der Waals surface area contributed by atoms with Crippen molar-refractivity contribution in [2.24, 2.45) is 0 Å². The molecular weight excluding hydrogens is 769 g/mol. The summed E-state index contributed by atoms with van der Waals surface area (Å²) in [7, 11) is 0. The van der Waals surface area contributed by atoms with Gasteiger partial charge in [0, 0.05) is 43.2 Å². The maximum atomic E-state index is 2.51. The van der Waals surface area contributed by atoms with Crippen molar-refractivity contribution in [3.8, 4) is 27.9 Å². The quantitative estimate of drug-likeness (QED) is 0.171. The summed E-state index contributed by atoms with van der Waals surface area (Å²) in [6, 6.07) is 85.5. The molecule has 2 heterocycles. The van der Waals surface area contributed by atoms with Crippen molar-refractivity contribution in [1.29, 1.82) is 0 Å². The zero-order valence-electron chi connectivity index (χ0n) is 33.7. The molecule has 1 atom stereocenters. The highest BCUT2D eigenvalue weighted by molar-refractivity contribution is 7.99. The third kappa shape index (κ3) is 5.00. The van der Waals surface area contributed by atoms with Crippen LogP contribution in [0.3, 0.4) is 0 Å². The van der Waals surface area contributed by atoms with Gasteiger partial charge in [-0.05, 0) is 110 Å². The molecule has 3 heteroatoms. The van der Waals surface area contributed by atoms with Crippen molar-refractivity contribution in [3.05, 3.63) is 253 Å². The first-order chi connectivity index (χ1) is 30.8. The zero-order valence-corrected chi connectivity index (χ0v) is 34.6. The average Bonchev–Trinajstić information content (AvgIpc) is 3.67. The molecule has 0 bridgehead atoms. The van der Waals surface area contributed by atoms with Crippen LogP contribution in [0.15, 0.2) is 240 Å². The molecular formula is C59H38N2S. The van der Waals surface area contributed by atoms with Gasteiger partial charge in [0.15, 0.2) is 0 Å². The van der Waals surface area contributed by atoms with Crippen LogP contribution in [0, 0.1) is 0 Å². The van der Waals surface area contributed by atoms with Crippen molar-refractivity contribution in [3.63, 3.8) is 0 Å². The maximum absolute atomic E-state index is 2.51. The summed E-state index contributed by atoms with van der Waals surface area (Å²) in [4.78, 5) is 5.07. The molecule has 2 aliphatic rings. The SMILES string of the molecule is c1ccc(-c2ccccc2N(c2ccc3c(c2)C2(c4ccccc4S3)c3ccccc3-c3cccc4cccc2c34)c2ccc3c4ccccc4n(-c4ccccc4)c3c2)cc1. The van der Waals surface area contributed by atoms with Crippen molar-refractivity contribution in [1.82, 2.24) is 4.57 Å². The summed E-state index contributed by atoms with van der Waals surface area (Å²) in [6.45, 7) is 0. The van der Waals surface area contributed by atoms with E-state index in [4.69, 9.17) is 0 Å². The predicted molar refractivity (Wildman–Crippen MR) is 260 cm³/mol. The molecule has 13 rings (SSSR count). The highest BCUT2D eigenvalue weighted by Gasteiger charge is 2.48. The monoisotopic (exact) mass is 806 g/mol. The lowest BCUT2D eigenvalue weighted by Gasteiger charge is -2.46. The number of hydrogen-bond donors (Lipinski definition) is 0. The van der Waals surface area contributed by atoms with Gasteiger partial charge in [-0.25, -0.2) is 0 Å². The van der Waals surface area contributed by atoms with Crippen LogP contribution >= 0.6 is 11.8 Å². The van der Waals surface area contributed by atoms with E-state index in [9.17, 15) is 0 Å². The highest BCUT2D eigenvalue weighted by atomic mass is 32.2.